The summed E-state index contributed by atoms with van der Waals surface area (Å²) in [5.74, 6) is 1.49. The van der Waals surface area contributed by atoms with Crippen LogP contribution < -0.4 is 10.6 Å². The van der Waals surface area contributed by atoms with Crippen molar-refractivity contribution in [1.29, 1.82) is 0 Å². The number of rotatable bonds is 4. The van der Waals surface area contributed by atoms with Crippen molar-refractivity contribution in [1.82, 2.24) is 14.9 Å². The maximum Gasteiger partial charge on any atom is 0.226 e. The normalized spacial score (nSPS) is 16.9. The van der Waals surface area contributed by atoms with E-state index < -0.39 is 0 Å². The predicted molar refractivity (Wildman–Crippen MR) is 88.3 cm³/mol. The molecule has 0 atom stereocenters. The highest BCUT2D eigenvalue weighted by molar-refractivity contribution is 6.43. The van der Waals surface area contributed by atoms with Crippen LogP contribution in [0.25, 0.3) is 5.47 Å². The summed E-state index contributed by atoms with van der Waals surface area (Å²) in [5, 5.41) is 6.81. The Labute approximate surface area is 126 Å². The highest BCUT2D eigenvalue weighted by atomic mass is 35.5. The van der Waals surface area contributed by atoms with Crippen LogP contribution >= 0.6 is 11.6 Å². The van der Waals surface area contributed by atoms with E-state index >= 15 is 0 Å². The molecule has 0 amide bonds. The van der Waals surface area contributed by atoms with Gasteiger partial charge >= 0.3 is 0 Å². The molecule has 2 rings (SSSR count). The summed E-state index contributed by atoms with van der Waals surface area (Å²) in [6.07, 6.45) is 2.20. The molecular weight excluding hydrogens is 272 g/mol. The second-order valence-corrected chi connectivity index (χ2v) is 5.66. The van der Waals surface area contributed by atoms with Crippen molar-refractivity contribution in [3.8, 4) is 0 Å². The van der Waals surface area contributed by atoms with Crippen molar-refractivity contribution >= 4 is 36.6 Å². The number of hydrogen-bond acceptors (Lipinski definition) is 5. The fraction of sp³-hybridized carbons (Fsp3) is 0.538. The van der Waals surface area contributed by atoms with Gasteiger partial charge in [0, 0.05) is 13.1 Å². The molecule has 0 aliphatic carbocycles. The van der Waals surface area contributed by atoms with Gasteiger partial charge in [0.1, 0.15) is 19.5 Å². The van der Waals surface area contributed by atoms with Gasteiger partial charge in [0.15, 0.2) is 0 Å². The molecule has 20 heavy (non-hydrogen) atoms. The van der Waals surface area contributed by atoms with E-state index in [1.807, 2.05) is 14.9 Å². The fourth-order valence-electron chi connectivity index (χ4n) is 2.47. The Balaban J connectivity index is 2.26. The molecule has 0 radical (unpaired) electrons. The SMILES string of the molecule is BC(=C)c1c(NC)nc(Cl)nc1NC1CCN(C)CC1. The van der Waals surface area contributed by atoms with E-state index in [2.05, 4.69) is 39.1 Å². The van der Waals surface area contributed by atoms with Crippen molar-refractivity contribution in [2.75, 3.05) is 37.8 Å². The first-order chi connectivity index (χ1) is 9.51. The minimum atomic E-state index is 0.245. The lowest BCUT2D eigenvalue weighted by atomic mass is 9.90. The Hall–Kier alpha value is -1.27. The van der Waals surface area contributed by atoms with E-state index in [4.69, 9.17) is 11.6 Å². The van der Waals surface area contributed by atoms with Crippen LogP contribution in [0, 0.1) is 0 Å². The third kappa shape index (κ3) is 3.43. The van der Waals surface area contributed by atoms with Gasteiger partial charge < -0.3 is 15.5 Å². The molecule has 1 aromatic heterocycles. The summed E-state index contributed by atoms with van der Waals surface area (Å²) in [7, 11) is 5.92. The van der Waals surface area contributed by atoms with Gasteiger partial charge in [-0.15, -0.1) is 6.58 Å². The largest absolute Gasteiger partial charge is 0.372 e. The molecular formula is C13H21BClN5. The average molecular weight is 294 g/mol. The highest BCUT2D eigenvalue weighted by Crippen LogP contribution is 2.29. The zero-order valence-corrected chi connectivity index (χ0v) is 13.1. The van der Waals surface area contributed by atoms with E-state index in [0.717, 1.165) is 42.8 Å². The molecule has 108 valence electrons. The van der Waals surface area contributed by atoms with E-state index in [9.17, 15) is 0 Å². The van der Waals surface area contributed by atoms with Gasteiger partial charge in [-0.3, -0.25) is 0 Å². The number of hydrogen-bond donors (Lipinski definition) is 2. The number of piperidine rings is 1. The van der Waals surface area contributed by atoms with Crippen LogP contribution in [0.15, 0.2) is 6.58 Å². The van der Waals surface area contributed by atoms with E-state index in [1.54, 1.807) is 0 Å². The lowest BCUT2D eigenvalue weighted by Gasteiger charge is -2.30. The zero-order valence-electron chi connectivity index (χ0n) is 12.3. The van der Waals surface area contributed by atoms with Gasteiger partial charge in [0.25, 0.3) is 0 Å². The topological polar surface area (TPSA) is 53.1 Å². The molecule has 1 aliphatic heterocycles. The minimum absolute atomic E-state index is 0.245. The Morgan fingerprint density at radius 3 is 2.50 bits per heavy atom. The lowest BCUT2D eigenvalue weighted by Crippen LogP contribution is -2.37. The molecule has 7 heteroatoms. The standard InChI is InChI=1S/C13H21BClN5/c1-8(14)10-11(16-2)18-13(15)19-12(10)17-9-4-6-20(3)7-5-9/h9H,1,4-7,14H2,2-3H3,(H2,16,17,18,19). The Kier molecular flexibility index (Phi) is 4.88. The van der Waals surface area contributed by atoms with Crippen molar-refractivity contribution in [3.05, 3.63) is 17.4 Å². The molecule has 2 heterocycles. The Morgan fingerprint density at radius 1 is 1.35 bits per heavy atom. The molecule has 5 nitrogen and oxygen atoms in total. The Bertz CT molecular complexity index is 500. The van der Waals surface area contributed by atoms with Crippen molar-refractivity contribution in [2.45, 2.75) is 18.9 Å². The smallest absolute Gasteiger partial charge is 0.226 e. The van der Waals surface area contributed by atoms with E-state index in [1.165, 1.54) is 0 Å². The third-order valence-electron chi connectivity index (χ3n) is 3.60. The Morgan fingerprint density at radius 2 is 1.95 bits per heavy atom. The molecule has 1 fully saturated rings. The van der Waals surface area contributed by atoms with Gasteiger partial charge in [0.2, 0.25) is 5.28 Å². The van der Waals surface area contributed by atoms with Crippen molar-refractivity contribution < 1.29 is 0 Å². The van der Waals surface area contributed by atoms with Crippen molar-refractivity contribution in [2.24, 2.45) is 0 Å². The maximum absolute atomic E-state index is 6.01. The van der Waals surface area contributed by atoms with E-state index in [0.29, 0.717) is 11.9 Å². The summed E-state index contributed by atoms with van der Waals surface area (Å²) in [5.41, 5.74) is 1.83. The van der Waals surface area contributed by atoms with Gasteiger partial charge in [-0.25, -0.2) is 9.97 Å². The number of nitrogens with one attached hydrogen (secondary N) is 2. The van der Waals surface area contributed by atoms with E-state index in [-0.39, 0.29) is 5.28 Å². The zero-order chi connectivity index (χ0) is 14.7. The van der Waals surface area contributed by atoms with Crippen LogP contribution in [0.1, 0.15) is 18.4 Å². The number of likely N-dealkylation sites (tertiary alicyclic amines) is 1. The first-order valence-electron chi connectivity index (χ1n) is 6.87. The van der Waals surface area contributed by atoms with Crippen LogP contribution in [0.2, 0.25) is 5.28 Å². The minimum Gasteiger partial charge on any atom is -0.372 e. The van der Waals surface area contributed by atoms with Gasteiger partial charge in [-0.2, -0.15) is 0 Å². The summed E-state index contributed by atoms with van der Waals surface area (Å²) in [4.78, 5) is 10.9. The number of halogens is 1. The predicted octanol–water partition coefficient (Wildman–Crippen LogP) is 1.28. The van der Waals surface area contributed by atoms with Gasteiger partial charge in [0.05, 0.1) is 5.56 Å². The van der Waals surface area contributed by atoms with Crippen LogP contribution in [0.3, 0.4) is 0 Å². The van der Waals surface area contributed by atoms with Crippen molar-refractivity contribution in [3.63, 3.8) is 0 Å². The quantitative estimate of drug-likeness (QED) is 0.647. The molecule has 0 spiro atoms. The van der Waals surface area contributed by atoms with Gasteiger partial charge in [-0.1, -0.05) is 5.47 Å². The first-order valence-corrected chi connectivity index (χ1v) is 7.25. The van der Waals surface area contributed by atoms with Crippen LogP contribution in [0.5, 0.6) is 0 Å². The first kappa shape index (κ1) is 15.1. The van der Waals surface area contributed by atoms with Crippen LogP contribution in [-0.2, 0) is 0 Å². The molecule has 2 N–H and O–H groups in total. The number of anilines is 2. The molecule has 1 saturated heterocycles. The van der Waals surface area contributed by atoms with Crippen LogP contribution in [-0.4, -0.2) is 55.9 Å². The van der Waals surface area contributed by atoms with Crippen LogP contribution in [0.4, 0.5) is 11.6 Å². The van der Waals surface area contributed by atoms with Gasteiger partial charge in [-0.05, 0) is 44.6 Å². The molecule has 1 aliphatic rings. The molecule has 0 unspecified atom stereocenters. The summed E-state index contributed by atoms with van der Waals surface area (Å²) in [6.45, 7) is 6.21. The fourth-order valence-corrected chi connectivity index (χ4v) is 2.64. The summed E-state index contributed by atoms with van der Waals surface area (Å²) >= 11 is 6.01. The number of nitrogens with zero attached hydrogens (tertiary/aromatic N) is 3. The highest BCUT2D eigenvalue weighted by Gasteiger charge is 2.20. The summed E-state index contributed by atoms with van der Waals surface area (Å²) < 4.78 is 0. The summed E-state index contributed by atoms with van der Waals surface area (Å²) in [6, 6.07) is 0.417. The maximum atomic E-state index is 6.01. The third-order valence-corrected chi connectivity index (χ3v) is 3.77. The average Bonchev–Trinajstić information content (AvgIpc) is 2.40. The molecule has 1 aromatic rings. The monoisotopic (exact) mass is 293 g/mol. The lowest BCUT2D eigenvalue weighted by molar-refractivity contribution is 0.263. The molecule has 0 bridgehead atoms. The molecule has 0 aromatic carbocycles. The second-order valence-electron chi connectivity index (χ2n) is 5.32. The number of aromatic nitrogens is 2. The second kappa shape index (κ2) is 6.46. The molecule has 0 saturated carbocycles.